The Morgan fingerprint density at radius 2 is 1.92 bits per heavy atom. The van der Waals surface area contributed by atoms with Crippen molar-refractivity contribution in [2.24, 2.45) is 0 Å². The number of hydrogen-bond donors (Lipinski definition) is 1. The van der Waals surface area contributed by atoms with Crippen molar-refractivity contribution in [2.45, 2.75) is 24.3 Å². The first-order valence-corrected chi connectivity index (χ1v) is 9.00. The number of amides is 1. The maximum Gasteiger partial charge on any atom is 0.237 e. The highest BCUT2D eigenvalue weighted by atomic mass is 35.5. The molecule has 0 bridgehead atoms. The lowest BCUT2D eigenvalue weighted by atomic mass is 10.2. The quantitative estimate of drug-likeness (QED) is 0.676. The molecule has 1 amide bonds. The molecule has 5 nitrogen and oxygen atoms in total. The third-order valence-corrected chi connectivity index (χ3v) is 5.06. The molecule has 3 aromatic rings. The van der Waals surface area contributed by atoms with Gasteiger partial charge in [0.05, 0.1) is 21.6 Å². The summed E-state index contributed by atoms with van der Waals surface area (Å²) in [5, 5.41) is 11.8. The van der Waals surface area contributed by atoms with Gasteiger partial charge in [-0.05, 0) is 37.6 Å². The molecule has 1 N–H and O–H groups in total. The van der Waals surface area contributed by atoms with Crippen LogP contribution in [-0.2, 0) is 4.79 Å². The SMILES string of the molecule is Cc1ccccc1-n1cnnc1SC(C)C(=O)Nc1ccccc1Cl. The molecule has 25 heavy (non-hydrogen) atoms. The van der Waals surface area contributed by atoms with Crippen molar-refractivity contribution in [1.82, 2.24) is 14.8 Å². The molecule has 1 atom stereocenters. The number of aromatic nitrogens is 3. The molecule has 0 saturated carbocycles. The van der Waals surface area contributed by atoms with E-state index in [9.17, 15) is 4.79 Å². The molecule has 2 aromatic carbocycles. The largest absolute Gasteiger partial charge is 0.324 e. The minimum atomic E-state index is -0.358. The van der Waals surface area contributed by atoms with E-state index in [4.69, 9.17) is 11.6 Å². The molecular weight excluding hydrogens is 356 g/mol. The first-order chi connectivity index (χ1) is 12.1. The van der Waals surface area contributed by atoms with E-state index < -0.39 is 0 Å². The topological polar surface area (TPSA) is 59.8 Å². The molecule has 0 spiro atoms. The van der Waals surface area contributed by atoms with Crippen LogP contribution in [0.1, 0.15) is 12.5 Å². The average molecular weight is 373 g/mol. The van der Waals surface area contributed by atoms with E-state index in [0.29, 0.717) is 15.9 Å². The van der Waals surface area contributed by atoms with E-state index in [2.05, 4.69) is 15.5 Å². The standard InChI is InChI=1S/C18H17ClN4OS/c1-12-7-3-6-10-16(12)23-11-20-22-18(23)25-13(2)17(24)21-15-9-5-4-8-14(15)19/h3-11,13H,1-2H3,(H,21,24). The maximum atomic E-state index is 12.5. The average Bonchev–Trinajstić information content (AvgIpc) is 3.05. The minimum Gasteiger partial charge on any atom is -0.324 e. The van der Waals surface area contributed by atoms with Gasteiger partial charge in [0.2, 0.25) is 5.91 Å². The van der Waals surface area contributed by atoms with Crippen LogP contribution in [0.5, 0.6) is 0 Å². The number of anilines is 1. The molecule has 0 aliphatic carbocycles. The third kappa shape index (κ3) is 4.03. The van der Waals surface area contributed by atoms with E-state index >= 15 is 0 Å². The Bertz CT molecular complexity index is 896. The molecular formula is C18H17ClN4OS. The molecule has 1 heterocycles. The van der Waals surface area contributed by atoms with E-state index in [1.165, 1.54) is 11.8 Å². The van der Waals surface area contributed by atoms with Crippen molar-refractivity contribution < 1.29 is 4.79 Å². The summed E-state index contributed by atoms with van der Waals surface area (Å²) in [5.74, 6) is -0.141. The summed E-state index contributed by atoms with van der Waals surface area (Å²) in [6, 6.07) is 15.1. The fourth-order valence-corrected chi connectivity index (χ4v) is 3.33. The van der Waals surface area contributed by atoms with Crippen LogP contribution in [0.3, 0.4) is 0 Å². The zero-order valence-corrected chi connectivity index (χ0v) is 15.4. The van der Waals surface area contributed by atoms with Gasteiger partial charge >= 0.3 is 0 Å². The molecule has 0 aliphatic heterocycles. The van der Waals surface area contributed by atoms with Gasteiger partial charge in [-0.3, -0.25) is 9.36 Å². The Labute approximate surface area is 155 Å². The van der Waals surface area contributed by atoms with Crippen molar-refractivity contribution in [2.75, 3.05) is 5.32 Å². The highest BCUT2D eigenvalue weighted by Crippen LogP contribution is 2.27. The van der Waals surface area contributed by atoms with Crippen LogP contribution in [0, 0.1) is 6.92 Å². The van der Waals surface area contributed by atoms with Gasteiger partial charge in [0.1, 0.15) is 6.33 Å². The molecule has 0 saturated heterocycles. The summed E-state index contributed by atoms with van der Waals surface area (Å²) in [6.45, 7) is 3.85. The van der Waals surface area contributed by atoms with Gasteiger partial charge in [0, 0.05) is 0 Å². The first kappa shape index (κ1) is 17.5. The van der Waals surface area contributed by atoms with Gasteiger partial charge in [0.25, 0.3) is 0 Å². The number of aryl methyl sites for hydroxylation is 1. The van der Waals surface area contributed by atoms with Crippen LogP contribution < -0.4 is 5.32 Å². The number of para-hydroxylation sites is 2. The van der Waals surface area contributed by atoms with Crippen LogP contribution >= 0.6 is 23.4 Å². The Hall–Kier alpha value is -2.31. The molecule has 0 radical (unpaired) electrons. The molecule has 0 aliphatic rings. The third-order valence-electron chi connectivity index (χ3n) is 3.67. The second-order valence-corrected chi connectivity index (χ2v) is 7.21. The summed E-state index contributed by atoms with van der Waals surface area (Å²) in [6.07, 6.45) is 1.66. The van der Waals surface area contributed by atoms with E-state index in [1.807, 2.05) is 54.8 Å². The van der Waals surface area contributed by atoms with E-state index in [-0.39, 0.29) is 11.2 Å². The highest BCUT2D eigenvalue weighted by Gasteiger charge is 2.19. The van der Waals surface area contributed by atoms with Crippen molar-refractivity contribution in [1.29, 1.82) is 0 Å². The summed E-state index contributed by atoms with van der Waals surface area (Å²) < 4.78 is 1.89. The molecule has 3 rings (SSSR count). The van der Waals surface area contributed by atoms with Gasteiger partial charge in [0.15, 0.2) is 5.16 Å². The lowest BCUT2D eigenvalue weighted by molar-refractivity contribution is -0.115. The van der Waals surface area contributed by atoms with Crippen molar-refractivity contribution in [3.63, 3.8) is 0 Å². The van der Waals surface area contributed by atoms with Crippen LogP contribution in [0.15, 0.2) is 60.0 Å². The van der Waals surface area contributed by atoms with Gasteiger partial charge in [-0.1, -0.05) is 53.7 Å². The highest BCUT2D eigenvalue weighted by molar-refractivity contribution is 8.00. The minimum absolute atomic E-state index is 0.141. The molecule has 7 heteroatoms. The van der Waals surface area contributed by atoms with E-state index in [0.717, 1.165) is 11.3 Å². The van der Waals surface area contributed by atoms with Crippen LogP contribution in [-0.4, -0.2) is 25.9 Å². The van der Waals surface area contributed by atoms with Crippen molar-refractivity contribution >= 4 is 35.0 Å². The van der Waals surface area contributed by atoms with Crippen LogP contribution in [0.2, 0.25) is 5.02 Å². The second kappa shape index (κ2) is 7.72. The summed E-state index contributed by atoms with van der Waals surface area (Å²) >= 11 is 7.44. The smallest absolute Gasteiger partial charge is 0.237 e. The lowest BCUT2D eigenvalue weighted by Gasteiger charge is -2.14. The Morgan fingerprint density at radius 1 is 1.20 bits per heavy atom. The fraction of sp³-hybridized carbons (Fsp3) is 0.167. The molecule has 1 aromatic heterocycles. The zero-order chi connectivity index (χ0) is 17.8. The number of hydrogen-bond acceptors (Lipinski definition) is 4. The number of nitrogens with zero attached hydrogens (tertiary/aromatic N) is 3. The van der Waals surface area contributed by atoms with E-state index in [1.54, 1.807) is 18.5 Å². The van der Waals surface area contributed by atoms with Gasteiger partial charge in [-0.2, -0.15) is 0 Å². The Balaban J connectivity index is 1.75. The number of carbonyl (C=O) groups excluding carboxylic acids is 1. The Kier molecular flexibility index (Phi) is 5.40. The normalized spacial score (nSPS) is 12.0. The van der Waals surface area contributed by atoms with Gasteiger partial charge in [-0.25, -0.2) is 0 Å². The lowest BCUT2D eigenvalue weighted by Crippen LogP contribution is -2.23. The van der Waals surface area contributed by atoms with Gasteiger partial charge in [-0.15, -0.1) is 10.2 Å². The number of benzene rings is 2. The first-order valence-electron chi connectivity index (χ1n) is 7.74. The number of carbonyl (C=O) groups is 1. The van der Waals surface area contributed by atoms with Crippen molar-refractivity contribution in [3.05, 3.63) is 65.4 Å². The molecule has 0 fully saturated rings. The number of nitrogens with one attached hydrogen (secondary N) is 1. The predicted molar refractivity (Wildman–Crippen MR) is 101 cm³/mol. The molecule has 128 valence electrons. The monoisotopic (exact) mass is 372 g/mol. The number of halogens is 1. The predicted octanol–water partition coefficient (Wildman–Crippen LogP) is 4.35. The summed E-state index contributed by atoms with van der Waals surface area (Å²) in [5.41, 5.74) is 2.70. The van der Waals surface area contributed by atoms with Crippen LogP contribution in [0.25, 0.3) is 5.69 Å². The Morgan fingerprint density at radius 3 is 2.68 bits per heavy atom. The fourth-order valence-electron chi connectivity index (χ4n) is 2.31. The van der Waals surface area contributed by atoms with Crippen LogP contribution in [0.4, 0.5) is 5.69 Å². The summed E-state index contributed by atoms with van der Waals surface area (Å²) in [4.78, 5) is 12.5. The van der Waals surface area contributed by atoms with Crippen molar-refractivity contribution in [3.8, 4) is 5.69 Å². The maximum absolute atomic E-state index is 12.5. The second-order valence-electron chi connectivity index (χ2n) is 5.50. The zero-order valence-electron chi connectivity index (χ0n) is 13.8. The number of rotatable bonds is 5. The summed E-state index contributed by atoms with van der Waals surface area (Å²) in [7, 11) is 0. The molecule has 1 unspecified atom stereocenters. The number of thioether (sulfide) groups is 1. The van der Waals surface area contributed by atoms with Gasteiger partial charge < -0.3 is 5.32 Å².